The predicted octanol–water partition coefficient (Wildman–Crippen LogP) is -0.516. The smallest absolute Gasteiger partial charge is 0.256 e. The third-order valence-electron chi connectivity index (χ3n) is 5.56. The Bertz CT molecular complexity index is 760. The van der Waals surface area contributed by atoms with Crippen LogP contribution in [0.5, 0.6) is 5.75 Å². The standard InChI is InChI=1S/C19H25N3O6/c1-28-13-4-2-3-12(11-13)21-16(25)14(23)15(24)17(26)22-9-6-19(7-10-22)5-8-20-18(19)27/h2-4,11,14-15,23-24H,5-10H2,1H3,(H,20,27)(H,21,25)/t14-,15-/m1/s1. The number of methoxy groups -OCH3 is 1. The Kier molecular flexibility index (Phi) is 5.85. The van der Waals surface area contributed by atoms with Gasteiger partial charge in [-0.1, -0.05) is 6.07 Å². The number of aliphatic hydroxyl groups is 2. The van der Waals surface area contributed by atoms with Gasteiger partial charge < -0.3 is 30.5 Å². The predicted molar refractivity (Wildman–Crippen MR) is 99.5 cm³/mol. The van der Waals surface area contributed by atoms with E-state index in [0.717, 1.165) is 6.42 Å². The number of rotatable bonds is 5. The molecule has 0 saturated carbocycles. The van der Waals surface area contributed by atoms with Crippen LogP contribution in [0.15, 0.2) is 24.3 Å². The van der Waals surface area contributed by atoms with Crippen molar-refractivity contribution >= 4 is 23.4 Å². The summed E-state index contributed by atoms with van der Waals surface area (Å²) in [4.78, 5) is 38.1. The molecule has 3 amide bonds. The molecule has 2 saturated heterocycles. The van der Waals surface area contributed by atoms with Gasteiger partial charge in [-0.3, -0.25) is 14.4 Å². The number of likely N-dealkylation sites (tertiary alicyclic amines) is 1. The molecule has 0 bridgehead atoms. The van der Waals surface area contributed by atoms with Crippen molar-refractivity contribution in [1.29, 1.82) is 0 Å². The minimum atomic E-state index is -1.91. The van der Waals surface area contributed by atoms with Crippen molar-refractivity contribution in [3.05, 3.63) is 24.3 Å². The van der Waals surface area contributed by atoms with E-state index in [0.29, 0.717) is 43.9 Å². The van der Waals surface area contributed by atoms with E-state index in [1.165, 1.54) is 12.0 Å². The van der Waals surface area contributed by atoms with E-state index in [1.807, 2.05) is 0 Å². The first-order valence-corrected chi connectivity index (χ1v) is 9.24. The normalized spacial score (nSPS) is 20.4. The summed E-state index contributed by atoms with van der Waals surface area (Å²) in [6, 6.07) is 6.50. The van der Waals surface area contributed by atoms with E-state index in [1.54, 1.807) is 24.3 Å². The molecule has 2 fully saturated rings. The summed E-state index contributed by atoms with van der Waals surface area (Å²) in [5.74, 6) is -1.08. The Morgan fingerprint density at radius 1 is 1.21 bits per heavy atom. The van der Waals surface area contributed by atoms with Gasteiger partial charge in [-0.25, -0.2) is 0 Å². The number of aliphatic hydroxyl groups excluding tert-OH is 2. The van der Waals surface area contributed by atoms with Crippen LogP contribution in [0.3, 0.4) is 0 Å². The van der Waals surface area contributed by atoms with Crippen molar-refractivity contribution in [2.24, 2.45) is 5.41 Å². The van der Waals surface area contributed by atoms with Crippen LogP contribution < -0.4 is 15.4 Å². The van der Waals surface area contributed by atoms with E-state index < -0.39 is 29.4 Å². The number of ether oxygens (including phenoxy) is 1. The second-order valence-corrected chi connectivity index (χ2v) is 7.22. The fraction of sp³-hybridized carbons (Fsp3) is 0.526. The van der Waals surface area contributed by atoms with E-state index in [9.17, 15) is 24.6 Å². The lowest BCUT2D eigenvalue weighted by atomic mass is 9.77. The highest BCUT2D eigenvalue weighted by molar-refractivity contribution is 5.98. The maximum absolute atomic E-state index is 12.5. The second kappa shape index (κ2) is 8.15. The van der Waals surface area contributed by atoms with Crippen LogP contribution in [0.2, 0.25) is 0 Å². The number of carbonyl (C=O) groups excluding carboxylic acids is 3. The van der Waals surface area contributed by atoms with E-state index in [2.05, 4.69) is 10.6 Å². The monoisotopic (exact) mass is 391 g/mol. The minimum Gasteiger partial charge on any atom is -0.497 e. The van der Waals surface area contributed by atoms with Crippen LogP contribution in [0.25, 0.3) is 0 Å². The molecule has 0 aromatic heterocycles. The highest BCUT2D eigenvalue weighted by Crippen LogP contribution is 2.38. The first-order chi connectivity index (χ1) is 13.4. The molecule has 0 radical (unpaired) electrons. The Hall–Kier alpha value is -2.65. The molecule has 0 unspecified atom stereocenters. The number of anilines is 1. The van der Waals surface area contributed by atoms with Gasteiger partial charge in [-0.15, -0.1) is 0 Å². The van der Waals surface area contributed by atoms with Crippen LogP contribution in [-0.2, 0) is 14.4 Å². The Balaban J connectivity index is 1.56. The van der Waals surface area contributed by atoms with E-state index in [4.69, 9.17) is 4.74 Å². The molecule has 9 nitrogen and oxygen atoms in total. The Morgan fingerprint density at radius 2 is 1.93 bits per heavy atom. The molecular weight excluding hydrogens is 366 g/mol. The zero-order valence-corrected chi connectivity index (χ0v) is 15.7. The first kappa shape index (κ1) is 20.1. The molecule has 1 aromatic carbocycles. The fourth-order valence-electron chi connectivity index (χ4n) is 3.73. The van der Waals surface area contributed by atoms with Crippen LogP contribution in [-0.4, -0.2) is 71.8 Å². The van der Waals surface area contributed by atoms with Crippen molar-refractivity contribution in [2.75, 3.05) is 32.1 Å². The third-order valence-corrected chi connectivity index (χ3v) is 5.56. The van der Waals surface area contributed by atoms with Crippen molar-refractivity contribution in [3.8, 4) is 5.75 Å². The SMILES string of the molecule is COc1cccc(NC(=O)[C@H](O)[C@@H](O)C(=O)N2CCC3(CCNC3=O)CC2)c1. The van der Waals surface area contributed by atoms with Gasteiger partial charge in [-0.2, -0.15) is 0 Å². The Labute approximate surface area is 162 Å². The van der Waals surface area contributed by atoms with Crippen molar-refractivity contribution in [1.82, 2.24) is 10.2 Å². The topological polar surface area (TPSA) is 128 Å². The van der Waals surface area contributed by atoms with Crippen LogP contribution in [0, 0.1) is 5.41 Å². The van der Waals surface area contributed by atoms with Gasteiger partial charge in [0.25, 0.3) is 11.8 Å². The highest BCUT2D eigenvalue weighted by atomic mass is 16.5. The van der Waals surface area contributed by atoms with Crippen molar-refractivity contribution in [3.63, 3.8) is 0 Å². The molecule has 4 N–H and O–H groups in total. The van der Waals surface area contributed by atoms with E-state index in [-0.39, 0.29) is 5.91 Å². The van der Waals surface area contributed by atoms with Gasteiger partial charge in [0.2, 0.25) is 5.91 Å². The van der Waals surface area contributed by atoms with Crippen LogP contribution in [0.1, 0.15) is 19.3 Å². The first-order valence-electron chi connectivity index (χ1n) is 9.24. The molecule has 1 aromatic rings. The summed E-state index contributed by atoms with van der Waals surface area (Å²) >= 11 is 0. The summed E-state index contributed by atoms with van der Waals surface area (Å²) in [6.07, 6.45) is -2.05. The maximum Gasteiger partial charge on any atom is 0.256 e. The van der Waals surface area contributed by atoms with Gasteiger partial charge in [0.1, 0.15) is 5.75 Å². The second-order valence-electron chi connectivity index (χ2n) is 7.22. The van der Waals surface area contributed by atoms with Gasteiger partial charge in [-0.05, 0) is 31.4 Å². The quantitative estimate of drug-likeness (QED) is 0.535. The highest BCUT2D eigenvalue weighted by Gasteiger charge is 2.46. The number of hydrogen-bond acceptors (Lipinski definition) is 6. The molecule has 1 spiro atoms. The number of carbonyl (C=O) groups is 3. The van der Waals surface area contributed by atoms with Gasteiger partial charge in [0.05, 0.1) is 12.5 Å². The molecule has 9 heteroatoms. The largest absolute Gasteiger partial charge is 0.497 e. The summed E-state index contributed by atoms with van der Waals surface area (Å²) in [5.41, 5.74) is -0.0698. The average molecular weight is 391 g/mol. The molecule has 0 aliphatic carbocycles. The lowest BCUT2D eigenvalue weighted by molar-refractivity contribution is -0.154. The molecule has 2 atom stereocenters. The molecule has 2 aliphatic rings. The van der Waals surface area contributed by atoms with Crippen LogP contribution >= 0.6 is 0 Å². The zero-order chi connectivity index (χ0) is 20.3. The summed E-state index contributed by atoms with van der Waals surface area (Å²) in [6.45, 7) is 1.24. The van der Waals surface area contributed by atoms with Gasteiger partial charge >= 0.3 is 0 Å². The van der Waals surface area contributed by atoms with Crippen LogP contribution in [0.4, 0.5) is 5.69 Å². The maximum atomic E-state index is 12.5. The average Bonchev–Trinajstić information content (AvgIpc) is 3.06. The third kappa shape index (κ3) is 3.95. The number of benzene rings is 1. The molecule has 3 rings (SSSR count). The molecule has 2 heterocycles. The number of nitrogens with one attached hydrogen (secondary N) is 2. The summed E-state index contributed by atoms with van der Waals surface area (Å²) in [7, 11) is 1.48. The molecular formula is C19H25N3O6. The molecule has 152 valence electrons. The minimum absolute atomic E-state index is 0.0119. The number of hydrogen-bond donors (Lipinski definition) is 4. The molecule has 2 aliphatic heterocycles. The number of piperidine rings is 1. The van der Waals surface area contributed by atoms with Crippen molar-refractivity contribution in [2.45, 2.75) is 31.5 Å². The number of amides is 3. The summed E-state index contributed by atoms with van der Waals surface area (Å²) < 4.78 is 5.06. The Morgan fingerprint density at radius 3 is 2.54 bits per heavy atom. The van der Waals surface area contributed by atoms with E-state index >= 15 is 0 Å². The lowest BCUT2D eigenvalue weighted by Gasteiger charge is -2.38. The van der Waals surface area contributed by atoms with Gasteiger partial charge in [0, 0.05) is 31.4 Å². The zero-order valence-electron chi connectivity index (χ0n) is 15.7. The fourth-order valence-corrected chi connectivity index (χ4v) is 3.73. The molecule has 28 heavy (non-hydrogen) atoms. The lowest BCUT2D eigenvalue weighted by Crippen LogP contribution is -2.53. The van der Waals surface area contributed by atoms with Crippen molar-refractivity contribution < 1.29 is 29.3 Å². The van der Waals surface area contributed by atoms with Gasteiger partial charge in [0.15, 0.2) is 12.2 Å². The number of nitrogens with zero attached hydrogens (tertiary/aromatic N) is 1. The summed E-state index contributed by atoms with van der Waals surface area (Å²) in [5, 5.41) is 25.6.